The maximum atomic E-state index is 5.78. The first-order valence-electron chi connectivity index (χ1n) is 9.63. The quantitative estimate of drug-likeness (QED) is 0.389. The zero-order valence-corrected chi connectivity index (χ0v) is 15.8. The lowest BCUT2D eigenvalue weighted by Crippen LogP contribution is -2.21. The maximum Gasteiger partial charge on any atom is 0.119 e. The van der Waals surface area contributed by atoms with Gasteiger partial charge in [-0.3, -0.25) is 0 Å². The van der Waals surface area contributed by atoms with Gasteiger partial charge in [-0.1, -0.05) is 50.8 Å². The Labute approximate surface area is 148 Å². The van der Waals surface area contributed by atoms with E-state index in [-0.39, 0.29) is 6.10 Å². The van der Waals surface area contributed by atoms with E-state index < -0.39 is 0 Å². The van der Waals surface area contributed by atoms with Gasteiger partial charge in [-0.15, -0.1) is 0 Å². The predicted molar refractivity (Wildman–Crippen MR) is 101 cm³/mol. The molecule has 0 saturated carbocycles. The average molecular weight is 337 g/mol. The molecule has 0 spiro atoms. The van der Waals surface area contributed by atoms with E-state index in [4.69, 9.17) is 14.2 Å². The molecule has 24 heavy (non-hydrogen) atoms. The highest BCUT2D eigenvalue weighted by molar-refractivity contribution is 5.20. The zero-order chi connectivity index (χ0) is 17.5. The molecular weight excluding hydrogens is 300 g/mol. The SMILES string of the molecule is CCC(C)OC(C)COCCCCCCCCOc1ccccc1. The van der Waals surface area contributed by atoms with E-state index in [2.05, 4.69) is 20.8 Å². The van der Waals surface area contributed by atoms with Crippen molar-refractivity contribution >= 4 is 0 Å². The van der Waals surface area contributed by atoms with Crippen LogP contribution in [0.25, 0.3) is 0 Å². The third-order valence-corrected chi connectivity index (χ3v) is 4.09. The number of hydrogen-bond acceptors (Lipinski definition) is 3. The summed E-state index contributed by atoms with van der Waals surface area (Å²) in [5, 5.41) is 0. The van der Waals surface area contributed by atoms with Crippen molar-refractivity contribution in [1.82, 2.24) is 0 Å². The lowest BCUT2D eigenvalue weighted by molar-refractivity contribution is -0.0428. The van der Waals surface area contributed by atoms with Gasteiger partial charge in [-0.25, -0.2) is 0 Å². The fourth-order valence-corrected chi connectivity index (χ4v) is 2.50. The van der Waals surface area contributed by atoms with Gasteiger partial charge < -0.3 is 14.2 Å². The fourth-order valence-electron chi connectivity index (χ4n) is 2.50. The van der Waals surface area contributed by atoms with Crippen LogP contribution in [-0.2, 0) is 9.47 Å². The lowest BCUT2D eigenvalue weighted by Gasteiger charge is -2.17. The molecule has 0 aliphatic rings. The summed E-state index contributed by atoms with van der Waals surface area (Å²) >= 11 is 0. The Morgan fingerprint density at radius 3 is 2.08 bits per heavy atom. The van der Waals surface area contributed by atoms with Gasteiger partial charge in [-0.05, 0) is 45.2 Å². The second-order valence-electron chi connectivity index (χ2n) is 6.52. The summed E-state index contributed by atoms with van der Waals surface area (Å²) in [7, 11) is 0. The van der Waals surface area contributed by atoms with E-state index >= 15 is 0 Å². The molecule has 0 radical (unpaired) electrons. The molecule has 0 aromatic heterocycles. The van der Waals surface area contributed by atoms with E-state index in [1.165, 1.54) is 25.7 Å². The number of para-hydroxylation sites is 1. The van der Waals surface area contributed by atoms with E-state index in [1.54, 1.807) is 0 Å². The van der Waals surface area contributed by atoms with Gasteiger partial charge in [0, 0.05) is 6.61 Å². The first-order valence-corrected chi connectivity index (χ1v) is 9.63. The summed E-state index contributed by atoms with van der Waals surface area (Å²) in [6.07, 6.45) is 8.93. The minimum absolute atomic E-state index is 0.199. The van der Waals surface area contributed by atoms with Gasteiger partial charge >= 0.3 is 0 Å². The molecule has 2 atom stereocenters. The van der Waals surface area contributed by atoms with E-state index in [0.717, 1.165) is 38.2 Å². The van der Waals surface area contributed by atoms with Crippen LogP contribution >= 0.6 is 0 Å². The van der Waals surface area contributed by atoms with Crippen molar-refractivity contribution in [2.45, 2.75) is 77.9 Å². The number of benzene rings is 1. The molecule has 0 bridgehead atoms. The normalized spacial score (nSPS) is 13.6. The van der Waals surface area contributed by atoms with E-state index in [1.807, 2.05) is 30.3 Å². The van der Waals surface area contributed by atoms with Gasteiger partial charge in [0.25, 0.3) is 0 Å². The molecule has 2 unspecified atom stereocenters. The Balaban J connectivity index is 1.80. The highest BCUT2D eigenvalue weighted by Crippen LogP contribution is 2.10. The molecule has 0 saturated heterocycles. The van der Waals surface area contributed by atoms with E-state index in [0.29, 0.717) is 12.7 Å². The van der Waals surface area contributed by atoms with Crippen LogP contribution in [0.15, 0.2) is 30.3 Å². The molecule has 0 aliphatic heterocycles. The van der Waals surface area contributed by atoms with Crippen molar-refractivity contribution in [1.29, 1.82) is 0 Å². The fraction of sp³-hybridized carbons (Fsp3) is 0.714. The molecular formula is C21H36O3. The summed E-state index contributed by atoms with van der Waals surface area (Å²) in [5.74, 6) is 0.973. The van der Waals surface area contributed by atoms with Crippen LogP contribution in [0, 0.1) is 0 Å². The second-order valence-corrected chi connectivity index (χ2v) is 6.52. The van der Waals surface area contributed by atoms with Crippen LogP contribution in [0.5, 0.6) is 5.75 Å². The van der Waals surface area contributed by atoms with Crippen molar-refractivity contribution in [3.63, 3.8) is 0 Å². The molecule has 3 heteroatoms. The Morgan fingerprint density at radius 1 is 0.792 bits per heavy atom. The van der Waals surface area contributed by atoms with Crippen LogP contribution in [0.1, 0.15) is 65.7 Å². The number of hydrogen-bond donors (Lipinski definition) is 0. The molecule has 3 nitrogen and oxygen atoms in total. The van der Waals surface area contributed by atoms with Gasteiger partial charge in [0.2, 0.25) is 0 Å². The summed E-state index contributed by atoms with van der Waals surface area (Å²) in [6.45, 7) is 8.73. The van der Waals surface area contributed by atoms with E-state index in [9.17, 15) is 0 Å². The van der Waals surface area contributed by atoms with Crippen LogP contribution < -0.4 is 4.74 Å². The van der Waals surface area contributed by atoms with Gasteiger partial charge in [0.15, 0.2) is 0 Å². The predicted octanol–water partition coefficient (Wildman–Crippen LogP) is 5.63. The largest absolute Gasteiger partial charge is 0.494 e. The Bertz CT molecular complexity index is 380. The summed E-state index contributed by atoms with van der Waals surface area (Å²) in [6, 6.07) is 10.0. The van der Waals surface area contributed by atoms with Gasteiger partial charge in [0.1, 0.15) is 5.75 Å². The summed E-state index contributed by atoms with van der Waals surface area (Å²) in [5.41, 5.74) is 0. The van der Waals surface area contributed by atoms with Crippen molar-refractivity contribution in [3.8, 4) is 5.75 Å². The number of unbranched alkanes of at least 4 members (excludes halogenated alkanes) is 5. The first kappa shape index (κ1) is 21.0. The number of rotatable bonds is 15. The van der Waals surface area contributed by atoms with Crippen molar-refractivity contribution in [2.24, 2.45) is 0 Å². The zero-order valence-electron chi connectivity index (χ0n) is 15.8. The van der Waals surface area contributed by atoms with Crippen LogP contribution in [0.4, 0.5) is 0 Å². The van der Waals surface area contributed by atoms with Crippen LogP contribution in [0.2, 0.25) is 0 Å². The summed E-state index contributed by atoms with van der Waals surface area (Å²) < 4.78 is 17.2. The van der Waals surface area contributed by atoms with Gasteiger partial charge in [-0.2, -0.15) is 0 Å². The van der Waals surface area contributed by atoms with Gasteiger partial charge in [0.05, 0.1) is 25.4 Å². The third-order valence-electron chi connectivity index (χ3n) is 4.09. The highest BCUT2D eigenvalue weighted by Gasteiger charge is 2.06. The summed E-state index contributed by atoms with van der Waals surface area (Å²) in [4.78, 5) is 0. The van der Waals surface area contributed by atoms with Crippen molar-refractivity contribution < 1.29 is 14.2 Å². The van der Waals surface area contributed by atoms with Crippen molar-refractivity contribution in [3.05, 3.63) is 30.3 Å². The molecule has 0 heterocycles. The molecule has 1 aromatic carbocycles. The average Bonchev–Trinajstić information content (AvgIpc) is 2.60. The minimum atomic E-state index is 0.199. The Kier molecular flexibility index (Phi) is 12.5. The molecule has 0 N–H and O–H groups in total. The van der Waals surface area contributed by atoms with Crippen molar-refractivity contribution in [2.75, 3.05) is 19.8 Å². The smallest absolute Gasteiger partial charge is 0.119 e. The monoisotopic (exact) mass is 336 g/mol. The second kappa shape index (κ2) is 14.3. The number of ether oxygens (including phenoxy) is 3. The highest BCUT2D eigenvalue weighted by atomic mass is 16.5. The lowest BCUT2D eigenvalue weighted by atomic mass is 10.1. The first-order chi connectivity index (χ1) is 11.7. The maximum absolute atomic E-state index is 5.78. The molecule has 1 aromatic rings. The van der Waals surface area contributed by atoms with Crippen LogP contribution in [0.3, 0.4) is 0 Å². The minimum Gasteiger partial charge on any atom is -0.494 e. The Morgan fingerprint density at radius 2 is 1.42 bits per heavy atom. The molecule has 138 valence electrons. The molecule has 0 fully saturated rings. The standard InChI is InChI=1S/C21H36O3/c1-4-19(2)24-20(3)18-22-16-12-7-5-6-8-13-17-23-21-14-10-9-11-15-21/h9-11,14-15,19-20H,4-8,12-13,16-18H2,1-3H3. The molecule has 0 amide bonds. The molecule has 0 aliphatic carbocycles. The Hall–Kier alpha value is -1.06. The third kappa shape index (κ3) is 11.5. The topological polar surface area (TPSA) is 27.7 Å². The van der Waals surface area contributed by atoms with Crippen LogP contribution in [-0.4, -0.2) is 32.0 Å². The molecule has 1 rings (SSSR count).